The summed E-state index contributed by atoms with van der Waals surface area (Å²) in [6.45, 7) is 0.0317. The first-order valence-electron chi connectivity index (χ1n) is 7.85. The second-order valence-electron chi connectivity index (χ2n) is 5.25. The SMILES string of the molecule is COc1cc(/C=C/C(=O)NCCO)ccc1OCc1c(F)cccc1Cl. The lowest BCUT2D eigenvalue weighted by Crippen LogP contribution is -2.24. The fourth-order valence-electron chi connectivity index (χ4n) is 2.14. The number of aliphatic hydroxyl groups is 1. The van der Waals surface area contributed by atoms with Crippen molar-refractivity contribution >= 4 is 23.6 Å². The van der Waals surface area contributed by atoms with Crippen LogP contribution in [-0.2, 0) is 11.4 Å². The van der Waals surface area contributed by atoms with E-state index < -0.39 is 5.82 Å². The standard InChI is InChI=1S/C19H19ClFNO4/c1-25-18-11-13(6-8-19(24)22-9-10-23)5-7-17(18)26-12-14-15(20)3-2-4-16(14)21/h2-8,11,23H,9-10,12H2,1H3,(H,22,24)/b8-6+. The smallest absolute Gasteiger partial charge is 0.244 e. The maximum absolute atomic E-state index is 13.8. The van der Waals surface area contributed by atoms with Crippen LogP contribution in [0.4, 0.5) is 4.39 Å². The first-order chi connectivity index (χ1) is 12.5. The molecule has 2 N–H and O–H groups in total. The second kappa shape index (κ2) is 9.79. The van der Waals surface area contributed by atoms with Crippen molar-refractivity contribution in [3.63, 3.8) is 0 Å². The molecule has 0 radical (unpaired) electrons. The molecule has 7 heteroatoms. The Balaban J connectivity index is 2.08. The maximum Gasteiger partial charge on any atom is 0.244 e. The van der Waals surface area contributed by atoms with Gasteiger partial charge in [0.2, 0.25) is 5.91 Å². The molecule has 0 aliphatic rings. The van der Waals surface area contributed by atoms with Gasteiger partial charge in [-0.25, -0.2) is 4.39 Å². The zero-order valence-electron chi connectivity index (χ0n) is 14.2. The maximum atomic E-state index is 13.8. The summed E-state index contributed by atoms with van der Waals surface area (Å²) in [5.41, 5.74) is 0.984. The van der Waals surface area contributed by atoms with E-state index in [1.54, 1.807) is 30.3 Å². The van der Waals surface area contributed by atoms with Gasteiger partial charge in [0.1, 0.15) is 12.4 Å². The van der Waals surface area contributed by atoms with Gasteiger partial charge in [-0.3, -0.25) is 4.79 Å². The van der Waals surface area contributed by atoms with E-state index in [1.165, 1.54) is 25.3 Å². The fourth-order valence-corrected chi connectivity index (χ4v) is 2.35. The highest BCUT2D eigenvalue weighted by Gasteiger charge is 2.10. The molecule has 5 nitrogen and oxygen atoms in total. The molecule has 0 atom stereocenters. The lowest BCUT2D eigenvalue weighted by atomic mass is 10.2. The minimum Gasteiger partial charge on any atom is -0.493 e. The number of carbonyl (C=O) groups is 1. The van der Waals surface area contributed by atoms with E-state index in [-0.39, 0.29) is 36.3 Å². The van der Waals surface area contributed by atoms with Gasteiger partial charge in [-0.15, -0.1) is 0 Å². The van der Waals surface area contributed by atoms with Crippen molar-refractivity contribution in [1.29, 1.82) is 0 Å². The van der Waals surface area contributed by atoms with E-state index in [9.17, 15) is 9.18 Å². The monoisotopic (exact) mass is 379 g/mol. The molecule has 0 aliphatic heterocycles. The number of nitrogens with one attached hydrogen (secondary N) is 1. The van der Waals surface area contributed by atoms with E-state index in [0.29, 0.717) is 11.5 Å². The van der Waals surface area contributed by atoms with Crippen LogP contribution < -0.4 is 14.8 Å². The molecule has 0 fully saturated rings. The van der Waals surface area contributed by atoms with Crippen LogP contribution in [0, 0.1) is 5.82 Å². The Morgan fingerprint density at radius 3 is 2.81 bits per heavy atom. The zero-order valence-corrected chi connectivity index (χ0v) is 14.9. The number of hydrogen-bond acceptors (Lipinski definition) is 4. The van der Waals surface area contributed by atoms with E-state index >= 15 is 0 Å². The summed E-state index contributed by atoms with van der Waals surface area (Å²) in [5, 5.41) is 11.5. The van der Waals surface area contributed by atoms with E-state index in [2.05, 4.69) is 5.32 Å². The number of rotatable bonds is 8. The number of halogens is 2. The molecule has 0 bridgehead atoms. The Labute approximate surface area is 156 Å². The molecule has 2 rings (SSSR count). The minimum atomic E-state index is -0.440. The summed E-state index contributed by atoms with van der Waals surface area (Å²) in [4.78, 5) is 11.5. The van der Waals surface area contributed by atoms with Crippen molar-refractivity contribution in [2.75, 3.05) is 20.3 Å². The third-order valence-corrected chi connectivity index (χ3v) is 3.81. The van der Waals surface area contributed by atoms with Crippen LogP contribution in [0.25, 0.3) is 6.08 Å². The first-order valence-corrected chi connectivity index (χ1v) is 8.23. The Morgan fingerprint density at radius 2 is 2.12 bits per heavy atom. The molecule has 0 unspecified atom stereocenters. The number of ether oxygens (including phenoxy) is 2. The molecule has 0 spiro atoms. The van der Waals surface area contributed by atoms with Gasteiger partial charge in [-0.1, -0.05) is 23.7 Å². The summed E-state index contributed by atoms with van der Waals surface area (Å²) in [6.07, 6.45) is 2.96. The van der Waals surface area contributed by atoms with Crippen LogP contribution in [-0.4, -0.2) is 31.3 Å². The summed E-state index contributed by atoms with van der Waals surface area (Å²) < 4.78 is 24.7. The van der Waals surface area contributed by atoms with Crippen molar-refractivity contribution < 1.29 is 23.8 Å². The van der Waals surface area contributed by atoms with Gasteiger partial charge < -0.3 is 19.9 Å². The van der Waals surface area contributed by atoms with Gasteiger partial charge in [0.15, 0.2) is 11.5 Å². The molecule has 2 aromatic rings. The normalized spacial score (nSPS) is 10.8. The predicted molar refractivity (Wildman–Crippen MR) is 97.9 cm³/mol. The fraction of sp³-hybridized carbons (Fsp3) is 0.211. The van der Waals surface area contributed by atoms with Gasteiger partial charge in [0, 0.05) is 18.2 Å². The summed E-state index contributed by atoms with van der Waals surface area (Å²) >= 11 is 5.99. The van der Waals surface area contributed by atoms with Gasteiger partial charge >= 0.3 is 0 Å². The minimum absolute atomic E-state index is 0.0411. The van der Waals surface area contributed by atoms with E-state index in [1.807, 2.05) is 0 Å². The number of amides is 1. The van der Waals surface area contributed by atoms with Crippen molar-refractivity contribution in [1.82, 2.24) is 5.32 Å². The quantitative estimate of drug-likeness (QED) is 0.691. The molecule has 138 valence electrons. The Morgan fingerprint density at radius 1 is 1.31 bits per heavy atom. The summed E-state index contributed by atoms with van der Waals surface area (Å²) in [5.74, 6) is 0.113. The zero-order chi connectivity index (χ0) is 18.9. The number of methoxy groups -OCH3 is 1. The Bertz CT molecular complexity index is 775. The van der Waals surface area contributed by atoms with Gasteiger partial charge in [-0.05, 0) is 35.9 Å². The Hall–Kier alpha value is -2.57. The predicted octanol–water partition coefficient (Wildman–Crippen LogP) is 3.19. The number of benzene rings is 2. The van der Waals surface area contributed by atoms with Crippen LogP contribution in [0.2, 0.25) is 5.02 Å². The van der Waals surface area contributed by atoms with E-state index in [4.69, 9.17) is 26.2 Å². The third kappa shape index (κ3) is 5.47. The molecular formula is C19H19ClFNO4. The molecule has 0 aliphatic carbocycles. The molecule has 26 heavy (non-hydrogen) atoms. The molecule has 0 saturated carbocycles. The topological polar surface area (TPSA) is 67.8 Å². The molecule has 0 aromatic heterocycles. The first kappa shape index (κ1) is 19.8. The number of carbonyl (C=O) groups excluding carboxylic acids is 1. The van der Waals surface area contributed by atoms with Crippen LogP contribution in [0.15, 0.2) is 42.5 Å². The van der Waals surface area contributed by atoms with Crippen molar-refractivity contribution in [2.24, 2.45) is 0 Å². The van der Waals surface area contributed by atoms with Gasteiger partial charge in [-0.2, -0.15) is 0 Å². The summed E-state index contributed by atoms with van der Waals surface area (Å²) in [7, 11) is 1.49. The van der Waals surface area contributed by atoms with Crippen LogP contribution in [0.3, 0.4) is 0 Å². The second-order valence-corrected chi connectivity index (χ2v) is 5.65. The highest BCUT2D eigenvalue weighted by molar-refractivity contribution is 6.31. The Kier molecular flexibility index (Phi) is 7.44. The average Bonchev–Trinajstić information content (AvgIpc) is 2.64. The largest absolute Gasteiger partial charge is 0.493 e. The van der Waals surface area contributed by atoms with Crippen molar-refractivity contribution in [3.8, 4) is 11.5 Å². The molecule has 1 amide bonds. The van der Waals surface area contributed by atoms with Gasteiger partial charge in [0.25, 0.3) is 0 Å². The van der Waals surface area contributed by atoms with E-state index in [0.717, 1.165) is 5.56 Å². The molecule has 2 aromatic carbocycles. The van der Waals surface area contributed by atoms with Crippen molar-refractivity contribution in [2.45, 2.75) is 6.61 Å². The lowest BCUT2D eigenvalue weighted by Gasteiger charge is -2.12. The number of aliphatic hydroxyl groups excluding tert-OH is 1. The number of hydrogen-bond donors (Lipinski definition) is 2. The highest BCUT2D eigenvalue weighted by atomic mass is 35.5. The molecule has 0 saturated heterocycles. The summed E-state index contributed by atoms with van der Waals surface area (Å²) in [6, 6.07) is 9.52. The van der Waals surface area contributed by atoms with Gasteiger partial charge in [0.05, 0.1) is 18.7 Å². The highest BCUT2D eigenvalue weighted by Crippen LogP contribution is 2.30. The molecular weight excluding hydrogens is 361 g/mol. The van der Waals surface area contributed by atoms with Crippen LogP contribution >= 0.6 is 11.6 Å². The molecule has 0 heterocycles. The van der Waals surface area contributed by atoms with Crippen LogP contribution in [0.5, 0.6) is 11.5 Å². The average molecular weight is 380 g/mol. The lowest BCUT2D eigenvalue weighted by molar-refractivity contribution is -0.116. The van der Waals surface area contributed by atoms with Crippen LogP contribution in [0.1, 0.15) is 11.1 Å². The van der Waals surface area contributed by atoms with Crippen molar-refractivity contribution in [3.05, 3.63) is 64.4 Å². The third-order valence-electron chi connectivity index (χ3n) is 3.46.